The van der Waals surface area contributed by atoms with Gasteiger partial charge in [0, 0.05) is 47.8 Å². The molecule has 0 bridgehead atoms. The standard InChI is InChI=1S/C54H33NO2S/c1-4-14-34(15-5-1)37-24-26-43-48(32-37)57-54-40(36-18-8-3-9-19-36)27-29-45(51(43)54)55(38-25-31-50-44(33-38)41-20-11-13-23-49(41)58-50)53-39(35-16-6-2-7-17-35)28-30-47-52(53)42-21-10-12-22-46(42)56-47/h1-33H. The number of benzene rings is 9. The molecule has 3 aromatic heterocycles. The van der Waals surface area contributed by atoms with E-state index >= 15 is 0 Å². The highest BCUT2D eigenvalue weighted by Crippen LogP contribution is 2.53. The summed E-state index contributed by atoms with van der Waals surface area (Å²) < 4.78 is 16.3. The van der Waals surface area contributed by atoms with E-state index in [0.29, 0.717) is 0 Å². The largest absolute Gasteiger partial charge is 0.456 e. The number of fused-ring (bicyclic) bond motifs is 9. The van der Waals surface area contributed by atoms with Crippen molar-refractivity contribution in [2.75, 3.05) is 4.90 Å². The zero-order valence-corrected chi connectivity index (χ0v) is 32.0. The van der Waals surface area contributed by atoms with Gasteiger partial charge in [-0.3, -0.25) is 0 Å². The van der Waals surface area contributed by atoms with Crippen molar-refractivity contribution in [2.24, 2.45) is 0 Å². The summed E-state index contributed by atoms with van der Waals surface area (Å²) in [6.07, 6.45) is 0. The first kappa shape index (κ1) is 32.8. The van der Waals surface area contributed by atoms with Gasteiger partial charge < -0.3 is 13.7 Å². The number of thiophene rings is 1. The van der Waals surface area contributed by atoms with Crippen LogP contribution < -0.4 is 4.90 Å². The van der Waals surface area contributed by atoms with Crippen LogP contribution in [0.1, 0.15) is 0 Å². The summed E-state index contributed by atoms with van der Waals surface area (Å²) in [5, 5.41) is 6.72. The molecule has 0 N–H and O–H groups in total. The molecule has 12 rings (SSSR count). The van der Waals surface area contributed by atoms with Gasteiger partial charge in [-0.2, -0.15) is 0 Å². The monoisotopic (exact) mass is 759 g/mol. The van der Waals surface area contributed by atoms with E-state index in [9.17, 15) is 0 Å². The number of hydrogen-bond donors (Lipinski definition) is 0. The molecular formula is C54H33NO2S. The molecule has 0 saturated heterocycles. The smallest absolute Gasteiger partial charge is 0.145 e. The fraction of sp³-hybridized carbons (Fsp3) is 0. The van der Waals surface area contributed by atoms with Crippen LogP contribution in [-0.4, -0.2) is 0 Å². The zero-order valence-electron chi connectivity index (χ0n) is 31.2. The molecule has 0 amide bonds. The van der Waals surface area contributed by atoms with E-state index < -0.39 is 0 Å². The molecule has 0 aliphatic carbocycles. The summed E-state index contributed by atoms with van der Waals surface area (Å²) >= 11 is 1.84. The van der Waals surface area contributed by atoms with Gasteiger partial charge in [-0.1, -0.05) is 133 Å². The number of para-hydroxylation sites is 1. The number of hydrogen-bond acceptors (Lipinski definition) is 4. The lowest BCUT2D eigenvalue weighted by Gasteiger charge is -2.30. The summed E-state index contributed by atoms with van der Waals surface area (Å²) in [6, 6.07) is 71.4. The van der Waals surface area contributed by atoms with Crippen LogP contribution in [0.3, 0.4) is 0 Å². The predicted octanol–water partition coefficient (Wildman–Crippen LogP) is 16.3. The Balaban J connectivity index is 1.24. The fourth-order valence-corrected chi connectivity index (χ4v) is 9.91. The third-order valence-electron chi connectivity index (χ3n) is 11.5. The van der Waals surface area contributed by atoms with Crippen LogP contribution in [0.2, 0.25) is 0 Å². The van der Waals surface area contributed by atoms with Gasteiger partial charge >= 0.3 is 0 Å². The van der Waals surface area contributed by atoms with Crippen LogP contribution in [-0.2, 0) is 0 Å². The van der Waals surface area contributed by atoms with Crippen molar-refractivity contribution >= 4 is 92.4 Å². The number of rotatable bonds is 6. The molecule has 272 valence electrons. The topological polar surface area (TPSA) is 29.5 Å². The molecule has 0 fully saturated rings. The molecule has 0 aliphatic rings. The van der Waals surface area contributed by atoms with Crippen molar-refractivity contribution in [2.45, 2.75) is 0 Å². The quantitative estimate of drug-likeness (QED) is 0.169. The second-order valence-electron chi connectivity index (χ2n) is 14.8. The van der Waals surface area contributed by atoms with Gasteiger partial charge in [0.15, 0.2) is 0 Å². The summed E-state index contributed by atoms with van der Waals surface area (Å²) in [5.41, 5.74) is 13.2. The van der Waals surface area contributed by atoms with E-state index in [-0.39, 0.29) is 0 Å². The highest BCUT2D eigenvalue weighted by atomic mass is 32.1. The van der Waals surface area contributed by atoms with Gasteiger partial charge in [-0.15, -0.1) is 11.3 Å². The van der Waals surface area contributed by atoms with E-state index in [0.717, 1.165) is 94.3 Å². The van der Waals surface area contributed by atoms with Gasteiger partial charge in [-0.25, -0.2) is 0 Å². The lowest BCUT2D eigenvalue weighted by atomic mass is 9.95. The maximum absolute atomic E-state index is 7.09. The summed E-state index contributed by atoms with van der Waals surface area (Å²) in [6.45, 7) is 0. The van der Waals surface area contributed by atoms with Crippen molar-refractivity contribution in [1.29, 1.82) is 0 Å². The predicted molar refractivity (Wildman–Crippen MR) is 245 cm³/mol. The van der Waals surface area contributed by atoms with Crippen molar-refractivity contribution in [3.63, 3.8) is 0 Å². The normalized spacial score (nSPS) is 11.8. The Bertz CT molecular complexity index is 3510. The van der Waals surface area contributed by atoms with Crippen molar-refractivity contribution in [1.82, 2.24) is 0 Å². The maximum Gasteiger partial charge on any atom is 0.145 e. The highest BCUT2D eigenvalue weighted by molar-refractivity contribution is 7.25. The first-order valence-electron chi connectivity index (χ1n) is 19.6. The van der Waals surface area contributed by atoms with Crippen LogP contribution >= 0.6 is 11.3 Å². The van der Waals surface area contributed by atoms with Crippen LogP contribution in [0.5, 0.6) is 0 Å². The van der Waals surface area contributed by atoms with E-state index in [1.165, 1.54) is 20.2 Å². The molecule has 0 atom stereocenters. The SMILES string of the molecule is c1ccc(-c2ccc3c(c2)oc2c(-c4ccccc4)ccc(N(c4ccc5sc6ccccc6c5c4)c4c(-c5ccccc5)ccc5oc6ccccc6c45)c23)cc1. The Kier molecular flexibility index (Phi) is 7.40. The molecule has 12 aromatic rings. The molecule has 0 radical (unpaired) electrons. The fourth-order valence-electron chi connectivity index (χ4n) is 8.83. The zero-order chi connectivity index (χ0) is 38.2. The first-order valence-corrected chi connectivity index (χ1v) is 20.4. The van der Waals surface area contributed by atoms with E-state index in [1.54, 1.807) is 0 Å². The summed E-state index contributed by atoms with van der Waals surface area (Å²) in [5.74, 6) is 0. The minimum atomic E-state index is 0.838. The van der Waals surface area contributed by atoms with Crippen molar-refractivity contribution in [3.05, 3.63) is 200 Å². The lowest BCUT2D eigenvalue weighted by Crippen LogP contribution is -2.12. The number of furan rings is 2. The Labute approximate surface area is 338 Å². The molecule has 9 aromatic carbocycles. The Morgan fingerprint density at radius 3 is 1.79 bits per heavy atom. The second kappa shape index (κ2) is 13.1. The van der Waals surface area contributed by atoms with Crippen molar-refractivity contribution in [3.8, 4) is 33.4 Å². The first-order chi connectivity index (χ1) is 28.8. The van der Waals surface area contributed by atoms with Crippen LogP contribution in [0, 0.1) is 0 Å². The average Bonchev–Trinajstić information content (AvgIpc) is 3.99. The van der Waals surface area contributed by atoms with Gasteiger partial charge in [0.05, 0.1) is 22.1 Å². The van der Waals surface area contributed by atoms with Gasteiger partial charge in [0.2, 0.25) is 0 Å². The highest BCUT2D eigenvalue weighted by Gasteiger charge is 2.28. The van der Waals surface area contributed by atoms with E-state index in [1.807, 2.05) is 17.4 Å². The van der Waals surface area contributed by atoms with Crippen LogP contribution in [0.4, 0.5) is 17.1 Å². The minimum absolute atomic E-state index is 0.838. The lowest BCUT2D eigenvalue weighted by molar-refractivity contribution is 0.669. The van der Waals surface area contributed by atoms with Gasteiger partial charge in [-0.05, 0) is 89.0 Å². The van der Waals surface area contributed by atoms with Gasteiger partial charge in [0.25, 0.3) is 0 Å². The third kappa shape index (κ3) is 5.12. The molecule has 3 heterocycles. The molecule has 3 nitrogen and oxygen atoms in total. The molecule has 4 heteroatoms. The number of anilines is 3. The summed E-state index contributed by atoms with van der Waals surface area (Å²) in [7, 11) is 0. The third-order valence-corrected chi connectivity index (χ3v) is 12.6. The van der Waals surface area contributed by atoms with Crippen LogP contribution in [0.25, 0.3) is 97.4 Å². The Morgan fingerprint density at radius 1 is 0.362 bits per heavy atom. The molecule has 0 saturated carbocycles. The Morgan fingerprint density at radius 2 is 1.00 bits per heavy atom. The van der Waals surface area contributed by atoms with E-state index in [2.05, 4.69) is 199 Å². The molecular weight excluding hydrogens is 727 g/mol. The molecule has 0 unspecified atom stereocenters. The minimum Gasteiger partial charge on any atom is -0.456 e. The molecule has 0 aliphatic heterocycles. The maximum atomic E-state index is 7.09. The van der Waals surface area contributed by atoms with Crippen LogP contribution in [0.15, 0.2) is 209 Å². The summed E-state index contributed by atoms with van der Waals surface area (Å²) in [4.78, 5) is 2.47. The average molecular weight is 760 g/mol. The second-order valence-corrected chi connectivity index (χ2v) is 15.9. The van der Waals surface area contributed by atoms with Gasteiger partial charge in [0.1, 0.15) is 22.3 Å². The van der Waals surface area contributed by atoms with Crippen molar-refractivity contribution < 1.29 is 8.83 Å². The van der Waals surface area contributed by atoms with E-state index in [4.69, 9.17) is 8.83 Å². The number of nitrogens with zero attached hydrogens (tertiary/aromatic N) is 1. The molecule has 0 spiro atoms. The Hall–Kier alpha value is -7.40. The molecule has 58 heavy (non-hydrogen) atoms.